The number of carbonyl (C=O) groups is 2. The molecule has 72 valence electrons. The number of hydrogen-bond donors (Lipinski definition) is 0. The summed E-state index contributed by atoms with van der Waals surface area (Å²) in [7, 11) is 0. The van der Waals surface area contributed by atoms with Crippen molar-refractivity contribution in [2.45, 2.75) is 19.8 Å². The number of allylic oxidation sites excluding steroid dienone is 1. The quantitative estimate of drug-likeness (QED) is 0.170. The van der Waals surface area contributed by atoms with Crippen molar-refractivity contribution in [2.24, 2.45) is 5.16 Å². The third-order valence-electron chi connectivity index (χ3n) is 1.16. The molecule has 0 unspecified atom stereocenters. The second kappa shape index (κ2) is 6.37. The molecular weight excluding hydrogens is 194 g/mol. The molecule has 0 aromatic heterocycles. The molecule has 4 nitrogen and oxygen atoms in total. The van der Waals surface area contributed by atoms with Crippen molar-refractivity contribution in [3.05, 3.63) is 12.7 Å². The Morgan fingerprint density at radius 1 is 1.62 bits per heavy atom. The van der Waals surface area contributed by atoms with Crippen molar-refractivity contribution >= 4 is 28.5 Å². The van der Waals surface area contributed by atoms with Crippen LogP contribution in [0.4, 0.5) is 0 Å². The van der Waals surface area contributed by atoms with Gasteiger partial charge in [0, 0.05) is 0 Å². The highest BCUT2D eigenvalue weighted by molar-refractivity contribution is 6.80. The van der Waals surface area contributed by atoms with Crippen LogP contribution < -0.4 is 0 Å². The lowest BCUT2D eigenvalue weighted by Gasteiger charge is -1.95. The van der Waals surface area contributed by atoms with Crippen molar-refractivity contribution in [1.29, 1.82) is 0 Å². The van der Waals surface area contributed by atoms with Crippen LogP contribution in [-0.2, 0) is 14.4 Å². The van der Waals surface area contributed by atoms with Crippen LogP contribution in [-0.4, -0.2) is 16.9 Å². The lowest BCUT2D eigenvalue weighted by atomic mass is 10.2. The van der Waals surface area contributed by atoms with E-state index in [4.69, 9.17) is 11.6 Å². The minimum absolute atomic E-state index is 0.603. The van der Waals surface area contributed by atoms with E-state index in [0.717, 1.165) is 6.42 Å². The summed E-state index contributed by atoms with van der Waals surface area (Å²) in [4.78, 5) is 24.9. The van der Waals surface area contributed by atoms with Crippen LogP contribution >= 0.6 is 11.6 Å². The molecule has 0 radical (unpaired) electrons. The standard InChI is InChI=1S/C8H10ClNO3/c1-3-4-5-6(2)10-13-8(12)7(9)11/h3H,1,4-5H2,2H3/b10-6+. The fourth-order valence-corrected chi connectivity index (χ4v) is 0.546. The maximum absolute atomic E-state index is 10.5. The van der Waals surface area contributed by atoms with Crippen molar-refractivity contribution in [3.8, 4) is 0 Å². The number of halogens is 1. The van der Waals surface area contributed by atoms with Gasteiger partial charge in [0.2, 0.25) is 0 Å². The summed E-state index contributed by atoms with van der Waals surface area (Å²) in [5.41, 5.74) is 0.603. The van der Waals surface area contributed by atoms with Crippen LogP contribution in [0.25, 0.3) is 0 Å². The van der Waals surface area contributed by atoms with Gasteiger partial charge in [0.15, 0.2) is 0 Å². The van der Waals surface area contributed by atoms with Gasteiger partial charge in [-0.2, -0.15) is 0 Å². The first-order valence-electron chi connectivity index (χ1n) is 3.63. The average Bonchev–Trinajstić information content (AvgIpc) is 2.10. The zero-order valence-electron chi connectivity index (χ0n) is 7.25. The Balaban J connectivity index is 3.89. The number of carbonyl (C=O) groups excluding carboxylic acids is 2. The monoisotopic (exact) mass is 203 g/mol. The van der Waals surface area contributed by atoms with Gasteiger partial charge in [0.1, 0.15) is 0 Å². The Bertz CT molecular complexity index is 248. The summed E-state index contributed by atoms with van der Waals surface area (Å²) in [5, 5.41) is 2.22. The molecule has 0 aromatic rings. The Labute approximate surface area is 81.2 Å². The van der Waals surface area contributed by atoms with Crippen LogP contribution in [0.1, 0.15) is 19.8 Å². The number of oxime groups is 1. The molecule has 0 N–H and O–H groups in total. The Morgan fingerprint density at radius 2 is 2.23 bits per heavy atom. The summed E-state index contributed by atoms with van der Waals surface area (Å²) >= 11 is 4.82. The van der Waals surface area contributed by atoms with Crippen molar-refractivity contribution in [3.63, 3.8) is 0 Å². The molecule has 0 amide bonds. The molecule has 0 aromatic carbocycles. The molecule has 5 heteroatoms. The van der Waals surface area contributed by atoms with Crippen molar-refractivity contribution < 1.29 is 14.4 Å². The van der Waals surface area contributed by atoms with Crippen LogP contribution in [0.5, 0.6) is 0 Å². The minimum atomic E-state index is -1.18. The van der Waals surface area contributed by atoms with Gasteiger partial charge in [-0.1, -0.05) is 11.2 Å². The molecule has 0 aliphatic carbocycles. The van der Waals surface area contributed by atoms with Crippen LogP contribution in [0.15, 0.2) is 17.8 Å². The predicted molar refractivity (Wildman–Crippen MR) is 49.5 cm³/mol. The van der Waals surface area contributed by atoms with Gasteiger partial charge >= 0.3 is 11.2 Å². The summed E-state index contributed by atoms with van der Waals surface area (Å²) < 4.78 is 0. The SMILES string of the molecule is C=CCC/C(C)=N/OC(=O)C(=O)Cl. The molecule has 0 fully saturated rings. The molecule has 0 aliphatic rings. The predicted octanol–water partition coefficient (Wildman–Crippen LogP) is 1.64. The molecule has 0 saturated heterocycles. The molecule has 0 saturated carbocycles. The smallest absolute Gasteiger partial charge is 0.308 e. The zero-order chi connectivity index (χ0) is 10.3. The van der Waals surface area contributed by atoms with Gasteiger partial charge in [-0.05, 0) is 31.4 Å². The molecule has 0 atom stereocenters. The summed E-state index contributed by atoms with van der Waals surface area (Å²) in [6.45, 7) is 5.19. The number of hydrogen-bond acceptors (Lipinski definition) is 4. The minimum Gasteiger partial charge on any atom is -0.308 e. The third kappa shape index (κ3) is 6.04. The van der Waals surface area contributed by atoms with E-state index in [-0.39, 0.29) is 0 Å². The first-order chi connectivity index (χ1) is 6.07. The molecule has 0 rings (SSSR count). The van der Waals surface area contributed by atoms with Gasteiger partial charge in [0.25, 0.3) is 0 Å². The maximum atomic E-state index is 10.5. The second-order valence-corrected chi connectivity index (χ2v) is 2.65. The van der Waals surface area contributed by atoms with Gasteiger partial charge in [-0.15, -0.1) is 6.58 Å². The van der Waals surface area contributed by atoms with E-state index in [1.807, 2.05) is 0 Å². The summed E-state index contributed by atoms with van der Waals surface area (Å²) in [6.07, 6.45) is 3.09. The van der Waals surface area contributed by atoms with E-state index < -0.39 is 11.2 Å². The zero-order valence-corrected chi connectivity index (χ0v) is 8.00. The fraction of sp³-hybridized carbons (Fsp3) is 0.375. The normalized spacial score (nSPS) is 10.8. The molecule has 0 aliphatic heterocycles. The van der Waals surface area contributed by atoms with Gasteiger partial charge < -0.3 is 4.84 Å². The van der Waals surface area contributed by atoms with Crippen LogP contribution in [0, 0.1) is 0 Å². The summed E-state index contributed by atoms with van der Waals surface area (Å²) in [6, 6.07) is 0. The number of rotatable bonds is 5. The molecular formula is C8H10ClNO3. The Hall–Kier alpha value is -1.16. The lowest BCUT2D eigenvalue weighted by Crippen LogP contribution is -2.09. The molecule has 13 heavy (non-hydrogen) atoms. The first kappa shape index (κ1) is 11.8. The highest BCUT2D eigenvalue weighted by Gasteiger charge is 2.11. The van der Waals surface area contributed by atoms with Crippen molar-refractivity contribution in [1.82, 2.24) is 0 Å². The van der Waals surface area contributed by atoms with Crippen LogP contribution in [0.3, 0.4) is 0 Å². The fourth-order valence-electron chi connectivity index (χ4n) is 0.512. The van der Waals surface area contributed by atoms with E-state index in [2.05, 4.69) is 16.6 Å². The van der Waals surface area contributed by atoms with Gasteiger partial charge in [0.05, 0.1) is 5.71 Å². The van der Waals surface area contributed by atoms with Crippen LogP contribution in [0.2, 0.25) is 0 Å². The molecule has 0 heterocycles. The highest BCUT2D eigenvalue weighted by Crippen LogP contribution is 1.95. The third-order valence-corrected chi connectivity index (χ3v) is 1.31. The highest BCUT2D eigenvalue weighted by atomic mass is 35.5. The van der Waals surface area contributed by atoms with Gasteiger partial charge in [-0.25, -0.2) is 4.79 Å². The first-order valence-corrected chi connectivity index (χ1v) is 4.01. The van der Waals surface area contributed by atoms with E-state index in [9.17, 15) is 9.59 Å². The van der Waals surface area contributed by atoms with E-state index in [1.165, 1.54) is 0 Å². The summed E-state index contributed by atoms with van der Waals surface area (Å²) in [5.74, 6) is -1.17. The Morgan fingerprint density at radius 3 is 2.69 bits per heavy atom. The van der Waals surface area contributed by atoms with E-state index in [1.54, 1.807) is 13.0 Å². The molecule has 0 spiro atoms. The lowest BCUT2D eigenvalue weighted by molar-refractivity contribution is -0.150. The maximum Gasteiger partial charge on any atom is 0.417 e. The van der Waals surface area contributed by atoms with Gasteiger partial charge in [-0.3, -0.25) is 4.79 Å². The number of nitrogens with zero attached hydrogens (tertiary/aromatic N) is 1. The molecule has 0 bridgehead atoms. The topological polar surface area (TPSA) is 55.7 Å². The van der Waals surface area contributed by atoms with E-state index >= 15 is 0 Å². The second-order valence-electron chi connectivity index (χ2n) is 2.31. The average molecular weight is 204 g/mol. The van der Waals surface area contributed by atoms with Crippen molar-refractivity contribution in [2.75, 3.05) is 0 Å². The largest absolute Gasteiger partial charge is 0.417 e. The van der Waals surface area contributed by atoms with E-state index in [0.29, 0.717) is 12.1 Å². The Kier molecular flexibility index (Phi) is 5.80.